The average Bonchev–Trinajstić information content (AvgIpc) is 2.62. The van der Waals surface area contributed by atoms with Crippen molar-refractivity contribution in [3.63, 3.8) is 0 Å². The van der Waals surface area contributed by atoms with E-state index in [2.05, 4.69) is 26.6 Å². The van der Waals surface area contributed by atoms with Crippen molar-refractivity contribution in [1.29, 1.82) is 0 Å². The molecule has 128 valence electrons. The van der Waals surface area contributed by atoms with Gasteiger partial charge in [-0.1, -0.05) is 34.1 Å². The Kier molecular flexibility index (Phi) is 5.19. The predicted octanol–water partition coefficient (Wildman–Crippen LogP) is 3.15. The summed E-state index contributed by atoms with van der Waals surface area (Å²) in [7, 11) is 1.59. The van der Waals surface area contributed by atoms with Gasteiger partial charge in [-0.3, -0.25) is 9.59 Å². The Balaban J connectivity index is 1.80. The van der Waals surface area contributed by atoms with Gasteiger partial charge in [0.15, 0.2) is 0 Å². The van der Waals surface area contributed by atoms with Crippen LogP contribution in [0.1, 0.15) is 11.1 Å². The summed E-state index contributed by atoms with van der Waals surface area (Å²) in [6.07, 6.45) is 2.03. The minimum atomic E-state index is -0.241. The van der Waals surface area contributed by atoms with E-state index in [1.54, 1.807) is 13.1 Å². The number of amides is 2. The number of rotatable bonds is 4. The number of carbonyl (C=O) groups is 2. The fourth-order valence-electron chi connectivity index (χ4n) is 2.54. The highest BCUT2D eigenvalue weighted by Gasteiger charge is 2.18. The molecule has 0 radical (unpaired) electrons. The maximum Gasteiger partial charge on any atom is 0.255 e. The fourth-order valence-corrected chi connectivity index (χ4v) is 2.92. The number of halogens is 1. The van der Waals surface area contributed by atoms with E-state index < -0.39 is 0 Å². The van der Waals surface area contributed by atoms with Gasteiger partial charge in [-0.15, -0.1) is 0 Å². The van der Waals surface area contributed by atoms with Gasteiger partial charge in [0, 0.05) is 22.8 Å². The first-order valence-corrected chi connectivity index (χ1v) is 8.59. The number of carbonyl (C=O) groups excluding carboxylic acids is 2. The number of hydrogen-bond donors (Lipinski definition) is 2. The second-order valence-electron chi connectivity index (χ2n) is 5.60. The Morgan fingerprint density at radius 1 is 1.20 bits per heavy atom. The van der Waals surface area contributed by atoms with E-state index in [4.69, 9.17) is 4.74 Å². The lowest BCUT2D eigenvalue weighted by Gasteiger charge is -2.18. The lowest BCUT2D eigenvalue weighted by atomic mass is 10.1. The second kappa shape index (κ2) is 7.53. The van der Waals surface area contributed by atoms with Crippen molar-refractivity contribution < 1.29 is 14.3 Å². The van der Waals surface area contributed by atoms with Crippen LogP contribution in [0.5, 0.6) is 5.75 Å². The lowest BCUT2D eigenvalue weighted by Crippen LogP contribution is -2.23. The zero-order valence-corrected chi connectivity index (χ0v) is 15.2. The van der Waals surface area contributed by atoms with Crippen molar-refractivity contribution in [3.05, 3.63) is 63.6 Å². The zero-order chi connectivity index (χ0) is 17.8. The minimum absolute atomic E-state index is 0.110. The Labute approximate surface area is 154 Å². The summed E-state index contributed by atoms with van der Waals surface area (Å²) in [5, 5.41) is 5.46. The molecule has 0 aromatic heterocycles. The van der Waals surface area contributed by atoms with Crippen LogP contribution >= 0.6 is 15.9 Å². The number of anilines is 1. The summed E-state index contributed by atoms with van der Waals surface area (Å²) in [5.41, 5.74) is 2.76. The molecule has 25 heavy (non-hydrogen) atoms. The van der Waals surface area contributed by atoms with Gasteiger partial charge in [0.2, 0.25) is 5.91 Å². The fraction of sp³-hybridized carbons (Fsp3) is 0.158. The Morgan fingerprint density at radius 3 is 2.80 bits per heavy atom. The van der Waals surface area contributed by atoms with Gasteiger partial charge in [-0.2, -0.15) is 0 Å². The molecule has 0 saturated carbocycles. The Hall–Kier alpha value is -2.60. The number of hydrogen-bond acceptors (Lipinski definition) is 3. The lowest BCUT2D eigenvalue weighted by molar-refractivity contribution is -0.120. The molecule has 2 aromatic rings. The quantitative estimate of drug-likeness (QED) is 0.827. The molecule has 2 N–H and O–H groups in total. The molecule has 6 heteroatoms. The first kappa shape index (κ1) is 17.2. The van der Waals surface area contributed by atoms with Gasteiger partial charge in [0.1, 0.15) is 12.4 Å². The molecular weight excluding hydrogens is 384 g/mol. The molecular formula is C19H17BrN2O3. The largest absolute Gasteiger partial charge is 0.488 e. The molecule has 0 bridgehead atoms. The van der Waals surface area contributed by atoms with Gasteiger partial charge in [0.05, 0.1) is 12.0 Å². The van der Waals surface area contributed by atoms with E-state index in [1.165, 1.54) is 0 Å². The summed E-state index contributed by atoms with van der Waals surface area (Å²) in [5.74, 6) is 0.399. The van der Waals surface area contributed by atoms with E-state index in [0.29, 0.717) is 11.3 Å². The van der Waals surface area contributed by atoms with E-state index >= 15 is 0 Å². The van der Waals surface area contributed by atoms with Crippen LogP contribution in [0.3, 0.4) is 0 Å². The third-order valence-corrected chi connectivity index (χ3v) is 4.37. The van der Waals surface area contributed by atoms with E-state index in [1.807, 2.05) is 42.5 Å². The number of para-hydroxylation sites is 1. The molecule has 0 aliphatic carbocycles. The topological polar surface area (TPSA) is 67.4 Å². The van der Waals surface area contributed by atoms with Crippen molar-refractivity contribution in [1.82, 2.24) is 5.32 Å². The molecule has 0 spiro atoms. The number of ether oxygens (including phenoxy) is 1. The maximum atomic E-state index is 12.6. The average molecular weight is 401 g/mol. The third-order valence-electron chi connectivity index (χ3n) is 3.87. The van der Waals surface area contributed by atoms with E-state index in [-0.39, 0.29) is 24.8 Å². The van der Waals surface area contributed by atoms with Gasteiger partial charge < -0.3 is 15.4 Å². The highest BCUT2D eigenvalue weighted by atomic mass is 79.9. The van der Waals surface area contributed by atoms with Crippen LogP contribution in [0.2, 0.25) is 0 Å². The molecule has 3 rings (SSSR count). The number of nitrogens with one attached hydrogen (secondary N) is 2. The monoisotopic (exact) mass is 400 g/mol. The molecule has 2 amide bonds. The van der Waals surface area contributed by atoms with Gasteiger partial charge in [-0.05, 0) is 35.9 Å². The van der Waals surface area contributed by atoms with Crippen LogP contribution < -0.4 is 15.4 Å². The summed E-state index contributed by atoms with van der Waals surface area (Å²) in [6.45, 7) is 0.206. The number of benzene rings is 2. The van der Waals surface area contributed by atoms with Crippen LogP contribution in [-0.2, 0) is 16.0 Å². The molecule has 0 saturated heterocycles. The third kappa shape index (κ3) is 4.09. The molecule has 0 fully saturated rings. The Bertz CT molecular complexity index is 861. The number of fused-ring (bicyclic) bond motifs is 1. The van der Waals surface area contributed by atoms with Crippen molar-refractivity contribution >= 4 is 39.5 Å². The normalized spacial score (nSPS) is 12.5. The van der Waals surface area contributed by atoms with Crippen molar-refractivity contribution in [2.75, 3.05) is 19.0 Å². The summed E-state index contributed by atoms with van der Waals surface area (Å²) >= 11 is 3.42. The molecule has 1 heterocycles. The standard InChI is InChI=1S/C19H17BrN2O3/c1-21-18(23)10-12-4-2-3-5-16(12)22-19(24)14-8-13-9-15(20)6-7-17(13)25-11-14/h2-9H,10-11H2,1H3,(H,21,23)(H,22,24). The SMILES string of the molecule is CNC(=O)Cc1ccccc1NC(=O)C1=Cc2cc(Br)ccc2OC1. The smallest absolute Gasteiger partial charge is 0.255 e. The van der Waals surface area contributed by atoms with Gasteiger partial charge in [0.25, 0.3) is 5.91 Å². The van der Waals surface area contributed by atoms with Gasteiger partial charge in [-0.25, -0.2) is 0 Å². The summed E-state index contributed by atoms with van der Waals surface area (Å²) in [6, 6.07) is 12.9. The first-order valence-electron chi connectivity index (χ1n) is 7.79. The summed E-state index contributed by atoms with van der Waals surface area (Å²) in [4.78, 5) is 24.2. The minimum Gasteiger partial charge on any atom is -0.488 e. The van der Waals surface area contributed by atoms with Crippen LogP contribution in [0.15, 0.2) is 52.5 Å². The number of likely N-dealkylation sites (N-methyl/N-ethyl adjacent to an activating group) is 1. The molecule has 1 aliphatic rings. The zero-order valence-electron chi connectivity index (χ0n) is 13.6. The maximum absolute atomic E-state index is 12.6. The molecule has 2 aromatic carbocycles. The molecule has 0 unspecified atom stereocenters. The van der Waals surface area contributed by atoms with E-state index in [9.17, 15) is 9.59 Å². The molecule has 0 atom stereocenters. The Morgan fingerprint density at radius 2 is 2.00 bits per heavy atom. The van der Waals surface area contributed by atoms with Gasteiger partial charge >= 0.3 is 0 Å². The predicted molar refractivity (Wildman–Crippen MR) is 100 cm³/mol. The highest BCUT2D eigenvalue weighted by Crippen LogP contribution is 2.29. The van der Waals surface area contributed by atoms with Crippen molar-refractivity contribution in [3.8, 4) is 5.75 Å². The van der Waals surface area contributed by atoms with Crippen LogP contribution in [0.25, 0.3) is 6.08 Å². The van der Waals surface area contributed by atoms with Crippen molar-refractivity contribution in [2.24, 2.45) is 0 Å². The summed E-state index contributed by atoms with van der Waals surface area (Å²) < 4.78 is 6.57. The van der Waals surface area contributed by atoms with E-state index in [0.717, 1.165) is 21.3 Å². The van der Waals surface area contributed by atoms with Crippen LogP contribution in [0, 0.1) is 0 Å². The van der Waals surface area contributed by atoms with Crippen LogP contribution in [-0.4, -0.2) is 25.5 Å². The second-order valence-corrected chi connectivity index (χ2v) is 6.52. The molecule has 1 aliphatic heterocycles. The van der Waals surface area contributed by atoms with Crippen molar-refractivity contribution in [2.45, 2.75) is 6.42 Å². The molecule has 5 nitrogen and oxygen atoms in total. The highest BCUT2D eigenvalue weighted by molar-refractivity contribution is 9.10. The van der Waals surface area contributed by atoms with Crippen LogP contribution in [0.4, 0.5) is 5.69 Å². The first-order chi connectivity index (χ1) is 12.1.